The summed E-state index contributed by atoms with van der Waals surface area (Å²) < 4.78 is 0. The molecule has 1 aromatic carbocycles. The summed E-state index contributed by atoms with van der Waals surface area (Å²) in [5, 5.41) is 0.798. The second kappa shape index (κ2) is 7.60. The minimum atomic E-state index is 0.798. The van der Waals surface area contributed by atoms with Gasteiger partial charge in [0.1, 0.15) is 0 Å². The highest BCUT2D eigenvalue weighted by Crippen LogP contribution is 2.33. The Morgan fingerprint density at radius 3 is 2.62 bits per heavy atom. The third kappa shape index (κ3) is 3.39. The second-order valence-electron chi connectivity index (χ2n) is 6.72. The molecule has 3 heterocycles. The first-order chi connectivity index (χ1) is 12.8. The molecule has 2 aromatic heterocycles. The van der Waals surface area contributed by atoms with E-state index in [0.29, 0.717) is 0 Å². The lowest BCUT2D eigenvalue weighted by atomic mass is 10.0. The number of piperazine rings is 1. The molecule has 4 nitrogen and oxygen atoms in total. The zero-order valence-corrected chi connectivity index (χ0v) is 15.8. The average molecular weight is 367 g/mol. The fourth-order valence-corrected chi connectivity index (χ4v) is 3.97. The highest BCUT2D eigenvalue weighted by Gasteiger charge is 2.19. The topological polar surface area (TPSA) is 32.3 Å². The first-order valence-corrected chi connectivity index (χ1v) is 9.61. The molecule has 0 spiro atoms. The van der Waals surface area contributed by atoms with Crippen LogP contribution in [0.5, 0.6) is 0 Å². The van der Waals surface area contributed by atoms with Crippen LogP contribution in [0.25, 0.3) is 22.2 Å². The molecule has 134 valence electrons. The van der Waals surface area contributed by atoms with E-state index >= 15 is 0 Å². The van der Waals surface area contributed by atoms with Gasteiger partial charge in [0.25, 0.3) is 0 Å². The number of hydrogen-bond donors (Lipinski definition) is 0. The molecule has 0 saturated carbocycles. The van der Waals surface area contributed by atoms with Crippen molar-refractivity contribution in [1.29, 1.82) is 0 Å². The number of hydrogen-bond acceptors (Lipinski definition) is 4. The van der Waals surface area contributed by atoms with Gasteiger partial charge in [-0.15, -0.1) is 0 Å². The van der Waals surface area contributed by atoms with Crippen LogP contribution >= 0.6 is 11.6 Å². The van der Waals surface area contributed by atoms with Crippen molar-refractivity contribution in [3.05, 3.63) is 53.8 Å². The molecule has 0 radical (unpaired) electrons. The van der Waals surface area contributed by atoms with Gasteiger partial charge in [-0.3, -0.25) is 14.9 Å². The van der Waals surface area contributed by atoms with Gasteiger partial charge in [-0.25, -0.2) is 0 Å². The number of aromatic nitrogens is 2. The highest BCUT2D eigenvalue weighted by molar-refractivity contribution is 6.33. The Bertz CT molecular complexity index is 898. The van der Waals surface area contributed by atoms with Crippen molar-refractivity contribution >= 4 is 28.3 Å². The lowest BCUT2D eigenvalue weighted by molar-refractivity contribution is 0.258. The fraction of sp³-hybridized carbons (Fsp3) is 0.333. The van der Waals surface area contributed by atoms with Gasteiger partial charge in [-0.2, -0.15) is 0 Å². The van der Waals surface area contributed by atoms with Gasteiger partial charge in [0.15, 0.2) is 0 Å². The van der Waals surface area contributed by atoms with Gasteiger partial charge in [0, 0.05) is 44.1 Å². The minimum Gasteiger partial charge on any atom is -0.368 e. The Morgan fingerprint density at radius 1 is 1.00 bits per heavy atom. The summed E-state index contributed by atoms with van der Waals surface area (Å²) in [6.45, 7) is 7.68. The van der Waals surface area contributed by atoms with E-state index in [9.17, 15) is 0 Å². The van der Waals surface area contributed by atoms with E-state index in [1.807, 2.05) is 24.4 Å². The van der Waals surface area contributed by atoms with E-state index in [1.54, 1.807) is 6.20 Å². The van der Waals surface area contributed by atoms with Gasteiger partial charge in [-0.1, -0.05) is 24.6 Å². The van der Waals surface area contributed by atoms with E-state index in [-0.39, 0.29) is 0 Å². The zero-order chi connectivity index (χ0) is 17.9. The summed E-state index contributed by atoms with van der Waals surface area (Å²) >= 11 is 6.67. The fourth-order valence-electron chi connectivity index (χ4n) is 3.67. The standard InChI is InChI=1S/C21H23ClN4/c1-2-10-25-11-13-26(14-12-25)20-6-5-16(15-18(20)22)17-7-9-23-19-4-3-8-24-21(17)19/h3-9,15H,2,10-14H2,1H3. The van der Waals surface area contributed by atoms with Crippen molar-refractivity contribution in [3.63, 3.8) is 0 Å². The maximum Gasteiger partial charge on any atom is 0.0964 e. The Balaban J connectivity index is 1.60. The molecular weight excluding hydrogens is 344 g/mol. The normalized spacial score (nSPS) is 15.5. The predicted molar refractivity (Wildman–Crippen MR) is 109 cm³/mol. The smallest absolute Gasteiger partial charge is 0.0964 e. The molecule has 0 amide bonds. The molecule has 5 heteroatoms. The Morgan fingerprint density at radius 2 is 1.85 bits per heavy atom. The molecule has 26 heavy (non-hydrogen) atoms. The van der Waals surface area contributed by atoms with Crippen molar-refractivity contribution in [2.75, 3.05) is 37.6 Å². The lowest BCUT2D eigenvalue weighted by Gasteiger charge is -2.36. The van der Waals surface area contributed by atoms with E-state index in [0.717, 1.165) is 59.0 Å². The van der Waals surface area contributed by atoms with Crippen LogP contribution in [0.3, 0.4) is 0 Å². The molecule has 0 N–H and O–H groups in total. The summed E-state index contributed by atoms with van der Waals surface area (Å²) in [5.41, 5.74) is 5.08. The summed E-state index contributed by atoms with van der Waals surface area (Å²) in [6.07, 6.45) is 4.84. The molecule has 0 unspecified atom stereocenters. The number of anilines is 1. The van der Waals surface area contributed by atoms with Crippen LogP contribution in [0, 0.1) is 0 Å². The number of fused-ring (bicyclic) bond motifs is 1. The van der Waals surface area contributed by atoms with Crippen LogP contribution in [0.4, 0.5) is 5.69 Å². The van der Waals surface area contributed by atoms with Crippen LogP contribution < -0.4 is 4.90 Å². The number of nitrogens with zero attached hydrogens (tertiary/aromatic N) is 4. The molecule has 4 rings (SSSR count). The van der Waals surface area contributed by atoms with E-state index in [4.69, 9.17) is 11.6 Å². The monoisotopic (exact) mass is 366 g/mol. The first kappa shape index (κ1) is 17.3. The van der Waals surface area contributed by atoms with E-state index in [1.165, 1.54) is 13.0 Å². The molecule has 1 aliphatic heterocycles. The molecule has 1 fully saturated rings. The molecular formula is C21H23ClN4. The van der Waals surface area contributed by atoms with Gasteiger partial charge >= 0.3 is 0 Å². The predicted octanol–water partition coefficient (Wildman–Crippen LogP) is 4.48. The zero-order valence-electron chi connectivity index (χ0n) is 15.0. The van der Waals surface area contributed by atoms with Gasteiger partial charge < -0.3 is 4.90 Å². The third-order valence-corrected chi connectivity index (χ3v) is 5.31. The molecule has 0 atom stereocenters. The van der Waals surface area contributed by atoms with Gasteiger partial charge in [0.2, 0.25) is 0 Å². The molecule has 1 aliphatic rings. The number of halogens is 1. The van der Waals surface area contributed by atoms with Crippen molar-refractivity contribution in [2.45, 2.75) is 13.3 Å². The quantitative estimate of drug-likeness (QED) is 0.681. The number of pyridine rings is 2. The largest absolute Gasteiger partial charge is 0.368 e. The maximum atomic E-state index is 6.67. The Hall–Kier alpha value is -2.17. The van der Waals surface area contributed by atoms with E-state index in [2.05, 4.69) is 44.9 Å². The number of benzene rings is 1. The Kier molecular flexibility index (Phi) is 5.05. The maximum absolute atomic E-state index is 6.67. The highest BCUT2D eigenvalue weighted by atomic mass is 35.5. The van der Waals surface area contributed by atoms with E-state index < -0.39 is 0 Å². The summed E-state index contributed by atoms with van der Waals surface area (Å²) in [7, 11) is 0. The van der Waals surface area contributed by atoms with Crippen molar-refractivity contribution in [1.82, 2.24) is 14.9 Å². The van der Waals surface area contributed by atoms with Crippen LogP contribution in [0.2, 0.25) is 5.02 Å². The van der Waals surface area contributed by atoms with Crippen molar-refractivity contribution in [3.8, 4) is 11.1 Å². The second-order valence-corrected chi connectivity index (χ2v) is 7.13. The SMILES string of the molecule is CCCN1CCN(c2ccc(-c3ccnc4cccnc34)cc2Cl)CC1. The minimum absolute atomic E-state index is 0.798. The third-order valence-electron chi connectivity index (χ3n) is 5.01. The summed E-state index contributed by atoms with van der Waals surface area (Å²) in [5.74, 6) is 0. The molecule has 0 aliphatic carbocycles. The molecule has 0 bridgehead atoms. The van der Waals surface area contributed by atoms with Gasteiger partial charge in [-0.05, 0) is 48.9 Å². The molecule has 3 aromatic rings. The number of rotatable bonds is 4. The summed E-state index contributed by atoms with van der Waals surface area (Å²) in [4.78, 5) is 13.8. The average Bonchev–Trinajstić information content (AvgIpc) is 2.68. The van der Waals surface area contributed by atoms with Crippen molar-refractivity contribution in [2.24, 2.45) is 0 Å². The van der Waals surface area contributed by atoms with Crippen LogP contribution in [0.15, 0.2) is 48.8 Å². The molecule has 1 saturated heterocycles. The van der Waals surface area contributed by atoms with Crippen LogP contribution in [-0.2, 0) is 0 Å². The Labute approximate surface area is 159 Å². The summed E-state index contributed by atoms with van der Waals surface area (Å²) in [6, 6.07) is 12.2. The van der Waals surface area contributed by atoms with Crippen LogP contribution in [-0.4, -0.2) is 47.6 Å². The first-order valence-electron chi connectivity index (χ1n) is 9.23. The lowest BCUT2D eigenvalue weighted by Crippen LogP contribution is -2.46. The van der Waals surface area contributed by atoms with Crippen LogP contribution in [0.1, 0.15) is 13.3 Å². The van der Waals surface area contributed by atoms with Crippen molar-refractivity contribution < 1.29 is 0 Å². The van der Waals surface area contributed by atoms with Gasteiger partial charge in [0.05, 0.1) is 21.7 Å².